The number of aliphatic carboxylic acids is 1. The largest absolute Gasteiger partial charge is 0.481 e. The molecule has 0 atom stereocenters. The number of nitrogens with zero attached hydrogens (tertiary/aromatic N) is 1. The number of halogens is 4. The predicted octanol–water partition coefficient (Wildman–Crippen LogP) is 6.91. The Morgan fingerprint density at radius 2 is 1.67 bits per heavy atom. The second-order valence-electron chi connectivity index (χ2n) is 9.05. The smallest absolute Gasteiger partial charge is 0.416 e. The molecule has 1 saturated carbocycles. The van der Waals surface area contributed by atoms with Crippen molar-refractivity contribution in [2.45, 2.75) is 44.2 Å². The molecule has 188 valence electrons. The van der Waals surface area contributed by atoms with Gasteiger partial charge in [-0.3, -0.25) is 14.6 Å². The molecule has 5 nitrogen and oxygen atoms in total. The number of aromatic nitrogens is 1. The number of benzene rings is 2. The number of hydrogen-bond acceptors (Lipinski definition) is 3. The molecule has 0 saturated heterocycles. The number of amides is 1. The van der Waals surface area contributed by atoms with Gasteiger partial charge in [0.15, 0.2) is 0 Å². The Morgan fingerprint density at radius 1 is 0.972 bits per heavy atom. The average molecular weight is 500 g/mol. The molecule has 0 unspecified atom stereocenters. The van der Waals surface area contributed by atoms with E-state index < -0.39 is 35.0 Å². The lowest BCUT2D eigenvalue weighted by Gasteiger charge is -2.28. The van der Waals surface area contributed by atoms with Crippen molar-refractivity contribution in [3.05, 3.63) is 83.3 Å². The fourth-order valence-electron chi connectivity index (χ4n) is 4.60. The van der Waals surface area contributed by atoms with Crippen LogP contribution in [0.3, 0.4) is 0 Å². The Morgan fingerprint density at radius 3 is 2.25 bits per heavy atom. The van der Waals surface area contributed by atoms with Crippen LogP contribution < -0.4 is 5.32 Å². The third-order valence-corrected chi connectivity index (χ3v) is 6.50. The highest BCUT2D eigenvalue weighted by molar-refractivity contribution is 6.04. The summed E-state index contributed by atoms with van der Waals surface area (Å²) in [4.78, 5) is 27.6. The summed E-state index contributed by atoms with van der Waals surface area (Å²) in [7, 11) is 0. The summed E-state index contributed by atoms with van der Waals surface area (Å²) in [6, 6.07) is 12.9. The van der Waals surface area contributed by atoms with E-state index in [1.165, 1.54) is 11.8 Å². The number of carboxylic acid groups (broad SMARTS) is 1. The van der Waals surface area contributed by atoms with Crippen LogP contribution >= 0.6 is 0 Å². The van der Waals surface area contributed by atoms with E-state index in [9.17, 15) is 27.2 Å². The summed E-state index contributed by atoms with van der Waals surface area (Å²) in [5, 5.41) is 11.4. The van der Waals surface area contributed by atoms with E-state index in [0.717, 1.165) is 37.3 Å². The standard InChI is InChI=1S/C27H24F4N2O3/c28-22-13-20(12-21(14-22)27(29,30)31)26(36)33-23-9-10-24(32-15-23)19-7-5-18(6-8-19)17-3-1-16(2-4-17)11-25(34)35/h5-10,12-17H,1-4,11H2,(H,33,36)(H,34,35). The van der Waals surface area contributed by atoms with Gasteiger partial charge in [-0.1, -0.05) is 24.3 Å². The van der Waals surface area contributed by atoms with Crippen LogP contribution in [0, 0.1) is 11.7 Å². The lowest BCUT2D eigenvalue weighted by Crippen LogP contribution is -2.16. The summed E-state index contributed by atoms with van der Waals surface area (Å²) in [6.07, 6.45) is 0.565. The van der Waals surface area contributed by atoms with Crippen LogP contribution in [0.1, 0.15) is 59.5 Å². The summed E-state index contributed by atoms with van der Waals surface area (Å²) in [5.74, 6) is -2.13. The molecule has 2 N–H and O–H groups in total. The summed E-state index contributed by atoms with van der Waals surface area (Å²) in [5.41, 5.74) is 1.28. The van der Waals surface area contributed by atoms with Gasteiger partial charge in [0.1, 0.15) is 5.82 Å². The summed E-state index contributed by atoms with van der Waals surface area (Å²) in [6.45, 7) is 0. The Labute approximate surface area is 205 Å². The molecular formula is C27H24F4N2O3. The maximum Gasteiger partial charge on any atom is 0.416 e. The molecule has 0 bridgehead atoms. The van der Waals surface area contributed by atoms with Gasteiger partial charge in [0, 0.05) is 17.5 Å². The molecule has 1 amide bonds. The van der Waals surface area contributed by atoms with Crippen molar-refractivity contribution in [2.75, 3.05) is 5.32 Å². The third-order valence-electron chi connectivity index (χ3n) is 6.50. The second kappa shape index (κ2) is 10.5. The second-order valence-corrected chi connectivity index (χ2v) is 9.05. The van der Waals surface area contributed by atoms with E-state index in [4.69, 9.17) is 5.11 Å². The van der Waals surface area contributed by atoms with Gasteiger partial charge in [-0.25, -0.2) is 4.39 Å². The van der Waals surface area contributed by atoms with Gasteiger partial charge in [0.25, 0.3) is 5.91 Å². The van der Waals surface area contributed by atoms with Crippen LogP contribution in [0.2, 0.25) is 0 Å². The number of rotatable bonds is 6. The van der Waals surface area contributed by atoms with Crippen molar-refractivity contribution >= 4 is 17.6 Å². The van der Waals surface area contributed by atoms with Crippen molar-refractivity contribution in [3.63, 3.8) is 0 Å². The minimum atomic E-state index is -4.77. The van der Waals surface area contributed by atoms with E-state index in [2.05, 4.69) is 10.3 Å². The lowest BCUT2D eigenvalue weighted by atomic mass is 9.77. The van der Waals surface area contributed by atoms with Crippen LogP contribution in [0.25, 0.3) is 11.3 Å². The van der Waals surface area contributed by atoms with Crippen LogP contribution in [0.5, 0.6) is 0 Å². The van der Waals surface area contributed by atoms with Crippen LogP contribution in [0.4, 0.5) is 23.2 Å². The Bertz CT molecular complexity index is 1230. The zero-order valence-electron chi connectivity index (χ0n) is 19.2. The zero-order valence-corrected chi connectivity index (χ0v) is 19.2. The van der Waals surface area contributed by atoms with Crippen LogP contribution in [0.15, 0.2) is 60.8 Å². The number of anilines is 1. The van der Waals surface area contributed by atoms with Gasteiger partial charge < -0.3 is 10.4 Å². The number of pyridine rings is 1. The Balaban J connectivity index is 1.38. The SMILES string of the molecule is O=C(O)CC1CCC(c2ccc(-c3ccc(NC(=O)c4cc(F)cc(C(F)(F)F)c4)cn3)cc2)CC1. The first-order chi connectivity index (χ1) is 17.1. The first-order valence-electron chi connectivity index (χ1n) is 11.6. The molecule has 2 aromatic carbocycles. The van der Waals surface area contributed by atoms with Crippen molar-refractivity contribution < 1.29 is 32.3 Å². The molecule has 36 heavy (non-hydrogen) atoms. The minimum absolute atomic E-state index is 0.227. The number of alkyl halides is 3. The van der Waals surface area contributed by atoms with E-state index >= 15 is 0 Å². The fourth-order valence-corrected chi connectivity index (χ4v) is 4.60. The van der Waals surface area contributed by atoms with Crippen molar-refractivity contribution in [1.29, 1.82) is 0 Å². The highest BCUT2D eigenvalue weighted by atomic mass is 19.4. The van der Waals surface area contributed by atoms with Gasteiger partial charge in [-0.2, -0.15) is 13.2 Å². The Hall–Kier alpha value is -3.75. The molecule has 1 aromatic heterocycles. The van der Waals surface area contributed by atoms with E-state index in [1.54, 1.807) is 12.1 Å². The quantitative estimate of drug-likeness (QED) is 0.361. The normalized spacial score (nSPS) is 18.0. The number of hydrogen-bond donors (Lipinski definition) is 2. The number of carbonyl (C=O) groups is 2. The molecule has 3 aromatic rings. The molecule has 0 aliphatic heterocycles. The van der Waals surface area contributed by atoms with E-state index in [0.29, 0.717) is 23.7 Å². The van der Waals surface area contributed by atoms with E-state index in [-0.39, 0.29) is 18.0 Å². The third kappa shape index (κ3) is 6.27. The zero-order chi connectivity index (χ0) is 25.9. The molecule has 0 spiro atoms. The molecular weight excluding hydrogens is 476 g/mol. The highest BCUT2D eigenvalue weighted by Crippen LogP contribution is 2.37. The average Bonchev–Trinajstić information content (AvgIpc) is 2.84. The summed E-state index contributed by atoms with van der Waals surface area (Å²) < 4.78 is 52.3. The number of carboxylic acids is 1. The van der Waals surface area contributed by atoms with Gasteiger partial charge in [-0.05, 0) is 73.4 Å². The van der Waals surface area contributed by atoms with E-state index in [1.807, 2.05) is 24.3 Å². The van der Waals surface area contributed by atoms with Crippen molar-refractivity contribution in [2.24, 2.45) is 5.92 Å². The first-order valence-corrected chi connectivity index (χ1v) is 11.6. The van der Waals surface area contributed by atoms with Gasteiger partial charge in [0.05, 0.1) is 23.1 Å². The molecule has 4 rings (SSSR count). The monoisotopic (exact) mass is 500 g/mol. The van der Waals surface area contributed by atoms with Gasteiger partial charge in [-0.15, -0.1) is 0 Å². The molecule has 1 aliphatic rings. The topological polar surface area (TPSA) is 79.3 Å². The molecule has 1 fully saturated rings. The molecule has 9 heteroatoms. The number of nitrogens with one attached hydrogen (secondary N) is 1. The fraction of sp³-hybridized carbons (Fsp3) is 0.296. The van der Waals surface area contributed by atoms with Crippen LogP contribution in [-0.2, 0) is 11.0 Å². The number of carbonyl (C=O) groups excluding carboxylic acids is 1. The molecule has 0 radical (unpaired) electrons. The minimum Gasteiger partial charge on any atom is -0.481 e. The van der Waals surface area contributed by atoms with Gasteiger partial charge in [0.2, 0.25) is 0 Å². The van der Waals surface area contributed by atoms with Crippen molar-refractivity contribution in [3.8, 4) is 11.3 Å². The molecule has 1 aliphatic carbocycles. The predicted molar refractivity (Wildman–Crippen MR) is 126 cm³/mol. The Kier molecular flexibility index (Phi) is 7.37. The first kappa shape index (κ1) is 25.3. The molecule has 1 heterocycles. The summed E-state index contributed by atoms with van der Waals surface area (Å²) >= 11 is 0. The van der Waals surface area contributed by atoms with Crippen LogP contribution in [-0.4, -0.2) is 22.0 Å². The maximum atomic E-state index is 13.6. The van der Waals surface area contributed by atoms with Crippen molar-refractivity contribution in [1.82, 2.24) is 4.98 Å². The maximum absolute atomic E-state index is 13.6. The highest BCUT2D eigenvalue weighted by Gasteiger charge is 2.32. The lowest BCUT2D eigenvalue weighted by molar-refractivity contribution is -0.139. The van der Waals surface area contributed by atoms with Gasteiger partial charge >= 0.3 is 12.1 Å².